The summed E-state index contributed by atoms with van der Waals surface area (Å²) in [6.07, 6.45) is 3.05. The van der Waals surface area contributed by atoms with Crippen molar-refractivity contribution < 1.29 is 9.59 Å². The van der Waals surface area contributed by atoms with Gasteiger partial charge in [0.1, 0.15) is 11.6 Å². The molecule has 2 aromatic carbocycles. The maximum absolute atomic E-state index is 12.7. The van der Waals surface area contributed by atoms with Crippen LogP contribution in [0.2, 0.25) is 5.02 Å². The third-order valence-electron chi connectivity index (χ3n) is 4.54. The Hall–Kier alpha value is -3.63. The van der Waals surface area contributed by atoms with Gasteiger partial charge in [-0.25, -0.2) is 18.9 Å². The first-order valence-corrected chi connectivity index (χ1v) is 11.2. The first kappa shape index (κ1) is 22.6. The Bertz CT molecular complexity index is 1370. The fraction of sp³-hybridized carbons (Fsp3) is 0.136. The minimum Gasteiger partial charge on any atom is -0.326 e. The molecule has 2 amide bonds. The molecule has 0 aliphatic rings. The molecule has 4 aromatic rings. The number of nitrogens with zero attached hydrogens (tertiary/aromatic N) is 4. The lowest BCUT2D eigenvalue weighted by Gasteiger charge is -2.06. The normalized spacial score (nSPS) is 10.8. The van der Waals surface area contributed by atoms with Gasteiger partial charge in [-0.05, 0) is 42.0 Å². The van der Waals surface area contributed by atoms with Gasteiger partial charge in [0.25, 0.3) is 0 Å². The lowest BCUT2D eigenvalue weighted by Crippen LogP contribution is -2.28. The van der Waals surface area contributed by atoms with Crippen LogP contribution in [0.3, 0.4) is 0 Å². The molecule has 0 unspecified atom stereocenters. The number of carbonyl (C=O) groups is 2. The van der Waals surface area contributed by atoms with Gasteiger partial charge in [0, 0.05) is 41.5 Å². The van der Waals surface area contributed by atoms with E-state index < -0.39 is 11.6 Å². The number of thioether (sulfide) groups is 1. The fourth-order valence-corrected chi connectivity index (χ4v) is 4.07. The van der Waals surface area contributed by atoms with Gasteiger partial charge in [-0.15, -0.1) is 5.10 Å². The monoisotopic (exact) mass is 482 g/mol. The molecule has 0 fully saturated rings. The van der Waals surface area contributed by atoms with Crippen LogP contribution in [-0.2, 0) is 21.9 Å². The van der Waals surface area contributed by atoms with Gasteiger partial charge in [-0.3, -0.25) is 9.59 Å². The smallest absolute Gasteiger partial charge is 0.326 e. The van der Waals surface area contributed by atoms with Crippen LogP contribution in [0.5, 0.6) is 0 Å². The molecule has 0 spiro atoms. The molecule has 0 bridgehead atoms. The van der Waals surface area contributed by atoms with Crippen molar-refractivity contribution in [2.75, 3.05) is 10.6 Å². The summed E-state index contributed by atoms with van der Waals surface area (Å²) in [4.78, 5) is 40.6. The highest BCUT2D eigenvalue weighted by Gasteiger charge is 2.15. The zero-order chi connectivity index (χ0) is 23.4. The van der Waals surface area contributed by atoms with Crippen LogP contribution in [0.1, 0.15) is 12.5 Å². The number of halogens is 1. The Morgan fingerprint density at radius 1 is 1.03 bits per heavy atom. The number of nitrogens with one attached hydrogen (secondary N) is 2. The molecule has 0 radical (unpaired) electrons. The van der Waals surface area contributed by atoms with Gasteiger partial charge in [-0.1, -0.05) is 35.5 Å². The van der Waals surface area contributed by atoms with Crippen molar-refractivity contribution in [1.29, 1.82) is 0 Å². The Morgan fingerprint density at radius 3 is 2.36 bits per heavy atom. The molecule has 0 saturated carbocycles. The summed E-state index contributed by atoms with van der Waals surface area (Å²) in [5.41, 5.74) is 2.16. The minimum atomic E-state index is -0.433. The highest BCUT2D eigenvalue weighted by Crippen LogP contribution is 2.24. The highest BCUT2D eigenvalue weighted by atomic mass is 35.5. The van der Waals surface area contributed by atoms with E-state index in [1.54, 1.807) is 24.3 Å². The van der Waals surface area contributed by atoms with Crippen LogP contribution >= 0.6 is 23.4 Å². The van der Waals surface area contributed by atoms with Crippen molar-refractivity contribution in [2.45, 2.75) is 24.2 Å². The van der Waals surface area contributed by atoms with Crippen molar-refractivity contribution in [1.82, 2.24) is 19.2 Å². The van der Waals surface area contributed by atoms with Crippen molar-refractivity contribution in [3.63, 3.8) is 0 Å². The standard InChI is InChI=1S/C22H19ClN6O3S/c1-14(30)25-17-6-8-18(9-7-17)26-19(31)12-29-22(32)28-11-10-24-21(20(28)27-29)33-13-15-2-4-16(23)5-3-15/h2-11H,12-13H2,1H3,(H,25,30)(H,26,31). The topological polar surface area (TPSA) is 110 Å². The van der Waals surface area contributed by atoms with E-state index in [0.29, 0.717) is 32.8 Å². The van der Waals surface area contributed by atoms with E-state index >= 15 is 0 Å². The van der Waals surface area contributed by atoms with Crippen LogP contribution < -0.4 is 16.3 Å². The number of benzene rings is 2. The molecule has 33 heavy (non-hydrogen) atoms. The number of amides is 2. The van der Waals surface area contributed by atoms with Crippen LogP contribution in [0, 0.1) is 0 Å². The number of rotatable bonds is 7. The molecule has 0 aliphatic heterocycles. The molecule has 0 saturated heterocycles. The van der Waals surface area contributed by atoms with Crippen LogP contribution in [0.4, 0.5) is 11.4 Å². The maximum atomic E-state index is 12.7. The van der Waals surface area contributed by atoms with Gasteiger partial charge < -0.3 is 10.6 Å². The quantitative estimate of drug-likeness (QED) is 0.390. The summed E-state index contributed by atoms with van der Waals surface area (Å²) in [5.74, 6) is 0.0363. The minimum absolute atomic E-state index is 0.182. The van der Waals surface area contributed by atoms with Gasteiger partial charge in [0.2, 0.25) is 11.8 Å². The molecule has 0 aliphatic carbocycles. The SMILES string of the molecule is CC(=O)Nc1ccc(NC(=O)Cn2nc3c(SCc4ccc(Cl)cc4)nccn3c2=O)cc1. The molecule has 4 rings (SSSR count). The average molecular weight is 483 g/mol. The molecule has 2 aromatic heterocycles. The Balaban J connectivity index is 1.46. The Kier molecular flexibility index (Phi) is 6.76. The second-order valence-corrected chi connectivity index (χ2v) is 8.49. The highest BCUT2D eigenvalue weighted by molar-refractivity contribution is 7.98. The van der Waals surface area contributed by atoms with Crippen molar-refractivity contribution in [3.8, 4) is 0 Å². The van der Waals surface area contributed by atoms with E-state index in [1.165, 1.54) is 35.5 Å². The molecule has 2 N–H and O–H groups in total. The maximum Gasteiger partial charge on any atom is 0.350 e. The molecule has 11 heteroatoms. The summed E-state index contributed by atoms with van der Waals surface area (Å²) < 4.78 is 2.47. The van der Waals surface area contributed by atoms with E-state index in [4.69, 9.17) is 11.6 Å². The van der Waals surface area contributed by atoms with Crippen molar-refractivity contribution in [2.24, 2.45) is 0 Å². The lowest BCUT2D eigenvalue weighted by molar-refractivity contribution is -0.117. The number of carbonyl (C=O) groups excluding carboxylic acids is 2. The summed E-state index contributed by atoms with van der Waals surface area (Å²) in [7, 11) is 0. The van der Waals surface area contributed by atoms with Crippen LogP contribution in [0.15, 0.2) is 70.7 Å². The average Bonchev–Trinajstić information content (AvgIpc) is 3.10. The zero-order valence-electron chi connectivity index (χ0n) is 17.5. The largest absolute Gasteiger partial charge is 0.350 e. The number of hydrogen-bond acceptors (Lipinski definition) is 6. The van der Waals surface area contributed by atoms with E-state index in [9.17, 15) is 14.4 Å². The van der Waals surface area contributed by atoms with Crippen LogP contribution in [0.25, 0.3) is 5.65 Å². The molecule has 2 heterocycles. The van der Waals surface area contributed by atoms with Crippen molar-refractivity contribution in [3.05, 3.63) is 82.0 Å². The van der Waals surface area contributed by atoms with Gasteiger partial charge in [0.15, 0.2) is 5.65 Å². The zero-order valence-corrected chi connectivity index (χ0v) is 19.1. The van der Waals surface area contributed by atoms with Crippen molar-refractivity contribution >= 4 is 52.2 Å². The fourth-order valence-electron chi connectivity index (χ4n) is 3.04. The van der Waals surface area contributed by atoms with E-state index in [1.807, 2.05) is 24.3 Å². The summed E-state index contributed by atoms with van der Waals surface area (Å²) in [6, 6.07) is 14.1. The lowest BCUT2D eigenvalue weighted by atomic mass is 10.2. The number of aromatic nitrogens is 4. The predicted molar refractivity (Wildman–Crippen MR) is 128 cm³/mol. The van der Waals surface area contributed by atoms with E-state index in [0.717, 1.165) is 10.2 Å². The van der Waals surface area contributed by atoms with Crippen LogP contribution in [-0.4, -0.2) is 31.0 Å². The summed E-state index contributed by atoms with van der Waals surface area (Å²) in [6.45, 7) is 1.16. The van der Waals surface area contributed by atoms with E-state index in [-0.39, 0.29) is 12.5 Å². The molecular weight excluding hydrogens is 464 g/mol. The first-order valence-electron chi connectivity index (χ1n) is 9.88. The first-order chi connectivity index (χ1) is 15.9. The Labute approximate surface area is 197 Å². The predicted octanol–water partition coefficient (Wildman–Crippen LogP) is 3.43. The Morgan fingerprint density at radius 2 is 1.70 bits per heavy atom. The summed E-state index contributed by atoms with van der Waals surface area (Å²) >= 11 is 7.36. The third-order valence-corrected chi connectivity index (χ3v) is 5.83. The number of fused-ring (bicyclic) bond motifs is 1. The number of anilines is 2. The van der Waals surface area contributed by atoms with Gasteiger partial charge in [0.05, 0.1) is 0 Å². The molecule has 168 valence electrons. The second kappa shape index (κ2) is 9.88. The molecule has 9 nitrogen and oxygen atoms in total. The van der Waals surface area contributed by atoms with Gasteiger partial charge >= 0.3 is 5.69 Å². The van der Waals surface area contributed by atoms with Gasteiger partial charge in [-0.2, -0.15) is 0 Å². The van der Waals surface area contributed by atoms with E-state index in [2.05, 4.69) is 20.7 Å². The second-order valence-electron chi connectivity index (χ2n) is 7.09. The number of hydrogen-bond donors (Lipinski definition) is 2. The third kappa shape index (κ3) is 5.60. The molecular formula is C22H19ClN6O3S. The molecule has 0 atom stereocenters. The summed E-state index contributed by atoms with van der Waals surface area (Å²) in [5, 5.41) is 10.9.